The second-order valence-electron chi connectivity index (χ2n) is 5.72. The van der Waals surface area contributed by atoms with Crippen molar-refractivity contribution in [2.24, 2.45) is 5.92 Å². The third-order valence-electron chi connectivity index (χ3n) is 3.66. The molecule has 0 radical (unpaired) electrons. The summed E-state index contributed by atoms with van der Waals surface area (Å²) in [6.45, 7) is 6.72. The molecule has 0 aromatic heterocycles. The standard InChI is InChI=1S/C14H26N2O3/c1-4-11-7-5-6-8-16(11)14(19)15-12(13(17)18)9-10(2)3/h10-12H,4-9H2,1-3H3,(H,15,19)(H,17,18)/t11?,12-/m1/s1. The lowest BCUT2D eigenvalue weighted by Gasteiger charge is -2.36. The van der Waals surface area contributed by atoms with Gasteiger partial charge in [-0.15, -0.1) is 0 Å². The third kappa shape index (κ3) is 4.73. The number of amides is 2. The number of hydrogen-bond acceptors (Lipinski definition) is 2. The van der Waals surface area contributed by atoms with Crippen LogP contribution in [0.15, 0.2) is 0 Å². The molecule has 0 bridgehead atoms. The first-order valence-corrected chi connectivity index (χ1v) is 7.25. The molecular formula is C14H26N2O3. The summed E-state index contributed by atoms with van der Waals surface area (Å²) in [6.07, 6.45) is 4.56. The fourth-order valence-electron chi connectivity index (χ4n) is 2.62. The van der Waals surface area contributed by atoms with Gasteiger partial charge in [0.05, 0.1) is 0 Å². The van der Waals surface area contributed by atoms with Gasteiger partial charge in [0.1, 0.15) is 6.04 Å². The molecule has 5 heteroatoms. The molecule has 19 heavy (non-hydrogen) atoms. The molecule has 1 fully saturated rings. The number of carbonyl (C=O) groups is 2. The fraction of sp³-hybridized carbons (Fsp3) is 0.857. The van der Waals surface area contributed by atoms with Crippen LogP contribution < -0.4 is 5.32 Å². The zero-order chi connectivity index (χ0) is 14.4. The maximum Gasteiger partial charge on any atom is 0.326 e. The molecule has 0 aliphatic carbocycles. The van der Waals surface area contributed by atoms with Crippen molar-refractivity contribution in [1.82, 2.24) is 10.2 Å². The first-order valence-electron chi connectivity index (χ1n) is 7.25. The number of carboxylic acids is 1. The Bertz CT molecular complexity index is 318. The van der Waals surface area contributed by atoms with Crippen molar-refractivity contribution in [3.8, 4) is 0 Å². The number of aliphatic carboxylic acids is 1. The number of nitrogens with zero attached hydrogens (tertiary/aromatic N) is 1. The summed E-state index contributed by atoms with van der Waals surface area (Å²) >= 11 is 0. The van der Waals surface area contributed by atoms with Crippen LogP contribution in [-0.4, -0.2) is 40.6 Å². The summed E-state index contributed by atoms with van der Waals surface area (Å²) in [5, 5.41) is 11.8. The van der Waals surface area contributed by atoms with E-state index in [4.69, 9.17) is 5.11 Å². The van der Waals surface area contributed by atoms with Crippen molar-refractivity contribution in [3.05, 3.63) is 0 Å². The van der Waals surface area contributed by atoms with Gasteiger partial charge in [-0.25, -0.2) is 9.59 Å². The van der Waals surface area contributed by atoms with Gasteiger partial charge in [-0.05, 0) is 38.0 Å². The highest BCUT2D eigenvalue weighted by atomic mass is 16.4. The van der Waals surface area contributed by atoms with Crippen LogP contribution in [-0.2, 0) is 4.79 Å². The summed E-state index contributed by atoms with van der Waals surface area (Å²) in [6, 6.07) is -0.756. The van der Waals surface area contributed by atoms with Gasteiger partial charge in [0.25, 0.3) is 0 Å². The Morgan fingerprint density at radius 3 is 2.58 bits per heavy atom. The van der Waals surface area contributed by atoms with E-state index in [2.05, 4.69) is 12.2 Å². The fourth-order valence-corrected chi connectivity index (χ4v) is 2.62. The van der Waals surface area contributed by atoms with Gasteiger partial charge in [0.15, 0.2) is 0 Å². The third-order valence-corrected chi connectivity index (χ3v) is 3.66. The lowest BCUT2D eigenvalue weighted by Crippen LogP contribution is -2.53. The molecule has 1 unspecified atom stereocenters. The number of urea groups is 1. The molecule has 5 nitrogen and oxygen atoms in total. The highest BCUT2D eigenvalue weighted by Gasteiger charge is 2.29. The molecule has 2 N–H and O–H groups in total. The second kappa shape index (κ2) is 7.36. The molecule has 1 saturated heterocycles. The van der Waals surface area contributed by atoms with E-state index in [9.17, 15) is 9.59 Å². The van der Waals surface area contributed by atoms with E-state index in [1.54, 1.807) is 4.90 Å². The molecule has 0 saturated carbocycles. The van der Waals surface area contributed by atoms with Crippen molar-refractivity contribution >= 4 is 12.0 Å². The van der Waals surface area contributed by atoms with E-state index in [-0.39, 0.29) is 18.0 Å². The predicted molar refractivity (Wildman–Crippen MR) is 74.0 cm³/mol. The summed E-state index contributed by atoms with van der Waals surface area (Å²) in [7, 11) is 0. The monoisotopic (exact) mass is 270 g/mol. The Morgan fingerprint density at radius 2 is 2.05 bits per heavy atom. The predicted octanol–water partition coefficient (Wildman–Crippen LogP) is 2.46. The van der Waals surface area contributed by atoms with Crippen LogP contribution in [0.4, 0.5) is 4.79 Å². The van der Waals surface area contributed by atoms with E-state index in [0.717, 1.165) is 32.2 Å². The van der Waals surface area contributed by atoms with Gasteiger partial charge in [0, 0.05) is 12.6 Å². The minimum atomic E-state index is -0.952. The molecule has 110 valence electrons. The van der Waals surface area contributed by atoms with Crippen LogP contribution in [0.25, 0.3) is 0 Å². The second-order valence-corrected chi connectivity index (χ2v) is 5.72. The van der Waals surface area contributed by atoms with Gasteiger partial charge in [-0.1, -0.05) is 20.8 Å². The molecule has 1 aliphatic heterocycles. The number of carbonyl (C=O) groups excluding carboxylic acids is 1. The van der Waals surface area contributed by atoms with Gasteiger partial charge in [-0.3, -0.25) is 0 Å². The van der Waals surface area contributed by atoms with Crippen molar-refractivity contribution < 1.29 is 14.7 Å². The zero-order valence-electron chi connectivity index (χ0n) is 12.2. The normalized spacial score (nSPS) is 21.3. The van der Waals surface area contributed by atoms with Gasteiger partial charge < -0.3 is 15.3 Å². The first-order chi connectivity index (χ1) is 8.95. The number of hydrogen-bond donors (Lipinski definition) is 2. The van der Waals surface area contributed by atoms with Crippen molar-refractivity contribution in [2.45, 2.75) is 65.0 Å². The van der Waals surface area contributed by atoms with E-state index >= 15 is 0 Å². The molecular weight excluding hydrogens is 244 g/mol. The lowest BCUT2D eigenvalue weighted by atomic mass is 10.0. The average Bonchev–Trinajstić information content (AvgIpc) is 2.37. The van der Waals surface area contributed by atoms with Crippen LogP contribution in [0.3, 0.4) is 0 Å². The molecule has 0 aromatic rings. The van der Waals surface area contributed by atoms with Crippen LogP contribution >= 0.6 is 0 Å². The van der Waals surface area contributed by atoms with Crippen LogP contribution in [0, 0.1) is 5.92 Å². The Morgan fingerprint density at radius 1 is 1.37 bits per heavy atom. The van der Waals surface area contributed by atoms with Crippen molar-refractivity contribution in [1.29, 1.82) is 0 Å². The average molecular weight is 270 g/mol. The number of likely N-dealkylation sites (tertiary alicyclic amines) is 1. The lowest BCUT2D eigenvalue weighted by molar-refractivity contribution is -0.139. The van der Waals surface area contributed by atoms with Gasteiger partial charge in [-0.2, -0.15) is 0 Å². The van der Waals surface area contributed by atoms with Crippen LogP contribution in [0.1, 0.15) is 52.9 Å². The number of carboxylic acid groups (broad SMARTS) is 1. The topological polar surface area (TPSA) is 69.6 Å². The molecule has 1 aliphatic rings. The summed E-state index contributed by atoms with van der Waals surface area (Å²) in [5.74, 6) is -0.711. The first kappa shape index (κ1) is 15.8. The van der Waals surface area contributed by atoms with Gasteiger partial charge >= 0.3 is 12.0 Å². The maximum atomic E-state index is 12.2. The smallest absolute Gasteiger partial charge is 0.326 e. The Balaban J connectivity index is 2.62. The highest BCUT2D eigenvalue weighted by molar-refractivity contribution is 5.82. The minimum Gasteiger partial charge on any atom is -0.480 e. The molecule has 1 rings (SSSR count). The highest BCUT2D eigenvalue weighted by Crippen LogP contribution is 2.19. The number of nitrogens with one attached hydrogen (secondary N) is 1. The molecule has 2 amide bonds. The quantitative estimate of drug-likeness (QED) is 0.806. The zero-order valence-corrected chi connectivity index (χ0v) is 12.2. The van der Waals surface area contributed by atoms with E-state index in [0.29, 0.717) is 6.42 Å². The van der Waals surface area contributed by atoms with Crippen LogP contribution in [0.5, 0.6) is 0 Å². The minimum absolute atomic E-state index is 0.223. The molecule has 0 aromatic carbocycles. The Kier molecular flexibility index (Phi) is 6.12. The maximum absolute atomic E-state index is 12.2. The summed E-state index contributed by atoms with van der Waals surface area (Å²) in [5.41, 5.74) is 0. The Hall–Kier alpha value is -1.26. The van der Waals surface area contributed by atoms with Crippen molar-refractivity contribution in [2.75, 3.05) is 6.54 Å². The largest absolute Gasteiger partial charge is 0.480 e. The summed E-state index contributed by atoms with van der Waals surface area (Å²) < 4.78 is 0. The molecule has 1 heterocycles. The van der Waals surface area contributed by atoms with E-state index in [1.165, 1.54) is 0 Å². The number of piperidine rings is 1. The Labute approximate surface area is 115 Å². The van der Waals surface area contributed by atoms with Crippen LogP contribution in [0.2, 0.25) is 0 Å². The van der Waals surface area contributed by atoms with E-state index < -0.39 is 12.0 Å². The SMILES string of the molecule is CCC1CCCCN1C(=O)N[C@H](CC(C)C)C(=O)O. The molecule has 2 atom stereocenters. The summed E-state index contributed by atoms with van der Waals surface area (Å²) in [4.78, 5) is 25.2. The van der Waals surface area contributed by atoms with E-state index in [1.807, 2.05) is 13.8 Å². The van der Waals surface area contributed by atoms with Crippen molar-refractivity contribution in [3.63, 3.8) is 0 Å². The van der Waals surface area contributed by atoms with Gasteiger partial charge in [0.2, 0.25) is 0 Å². The number of rotatable bonds is 5. The molecule has 0 spiro atoms.